The summed E-state index contributed by atoms with van der Waals surface area (Å²) in [5.41, 5.74) is 1.96. The fourth-order valence-corrected chi connectivity index (χ4v) is 2.61. The van der Waals surface area contributed by atoms with Gasteiger partial charge in [0.15, 0.2) is 11.6 Å². The molecule has 116 valence electrons. The summed E-state index contributed by atoms with van der Waals surface area (Å²) in [6.07, 6.45) is 8.29. The van der Waals surface area contributed by atoms with E-state index >= 15 is 0 Å². The number of rotatable bonds is 7. The van der Waals surface area contributed by atoms with Gasteiger partial charge in [0.2, 0.25) is 0 Å². The molecule has 1 aliphatic heterocycles. The molecule has 1 aromatic rings. The van der Waals surface area contributed by atoms with E-state index < -0.39 is 0 Å². The number of benzene rings is 1. The molecule has 3 heteroatoms. The van der Waals surface area contributed by atoms with Crippen LogP contribution in [0, 0.1) is 5.82 Å². The van der Waals surface area contributed by atoms with Crippen LogP contribution in [0.4, 0.5) is 4.39 Å². The van der Waals surface area contributed by atoms with Gasteiger partial charge >= 0.3 is 0 Å². The van der Waals surface area contributed by atoms with Gasteiger partial charge in [-0.25, -0.2) is 4.39 Å². The Morgan fingerprint density at radius 2 is 2.14 bits per heavy atom. The van der Waals surface area contributed by atoms with Gasteiger partial charge < -0.3 is 9.47 Å². The first-order valence-electron chi connectivity index (χ1n) is 7.98. The Labute approximate surface area is 127 Å². The summed E-state index contributed by atoms with van der Waals surface area (Å²) in [6.45, 7) is 5.11. The highest BCUT2D eigenvalue weighted by Crippen LogP contribution is 2.27. The van der Waals surface area contributed by atoms with Crippen molar-refractivity contribution in [2.24, 2.45) is 0 Å². The van der Waals surface area contributed by atoms with Crippen LogP contribution >= 0.6 is 0 Å². The second kappa shape index (κ2) is 8.18. The van der Waals surface area contributed by atoms with Crippen molar-refractivity contribution in [2.75, 3.05) is 13.2 Å². The van der Waals surface area contributed by atoms with Crippen LogP contribution in [0.3, 0.4) is 0 Å². The largest absolute Gasteiger partial charge is 0.491 e. The molecule has 0 radical (unpaired) electrons. The topological polar surface area (TPSA) is 18.5 Å². The molecule has 0 spiro atoms. The lowest BCUT2D eigenvalue weighted by Crippen LogP contribution is -2.18. The third kappa shape index (κ3) is 4.57. The van der Waals surface area contributed by atoms with E-state index in [-0.39, 0.29) is 5.82 Å². The second-order valence-corrected chi connectivity index (χ2v) is 5.47. The van der Waals surface area contributed by atoms with Gasteiger partial charge in [-0.3, -0.25) is 0 Å². The molecule has 1 heterocycles. The normalized spacial score (nSPS) is 18.4. The minimum atomic E-state index is -0.305. The molecule has 0 aliphatic carbocycles. The van der Waals surface area contributed by atoms with Crippen LogP contribution in [-0.2, 0) is 4.74 Å². The second-order valence-electron chi connectivity index (χ2n) is 5.47. The maximum atomic E-state index is 13.9. The number of unbranched alkanes of at least 4 members (excludes halogenated alkanes) is 2. The number of hydrogen-bond acceptors (Lipinski definition) is 2. The van der Waals surface area contributed by atoms with E-state index in [1.54, 1.807) is 6.07 Å². The lowest BCUT2D eigenvalue weighted by Gasteiger charge is -2.23. The van der Waals surface area contributed by atoms with Crippen LogP contribution < -0.4 is 4.74 Å². The predicted molar refractivity (Wildman–Crippen MR) is 84.0 cm³/mol. The average molecular weight is 292 g/mol. The van der Waals surface area contributed by atoms with Crippen molar-refractivity contribution >= 4 is 5.57 Å². The molecule has 1 aliphatic rings. The summed E-state index contributed by atoms with van der Waals surface area (Å²) in [4.78, 5) is 0. The van der Waals surface area contributed by atoms with Crippen LogP contribution in [-0.4, -0.2) is 19.3 Å². The molecule has 1 atom stereocenters. The first kappa shape index (κ1) is 16.0. The Kier molecular flexibility index (Phi) is 6.24. The molecule has 0 bridgehead atoms. The summed E-state index contributed by atoms with van der Waals surface area (Å²) < 4.78 is 25.0. The molecular formula is C18H25FO2. The van der Waals surface area contributed by atoms with Gasteiger partial charge in [-0.05, 0) is 43.0 Å². The van der Waals surface area contributed by atoms with Crippen LogP contribution in [0.5, 0.6) is 5.75 Å². The van der Waals surface area contributed by atoms with Gasteiger partial charge in [0.1, 0.15) is 0 Å². The van der Waals surface area contributed by atoms with E-state index in [2.05, 4.69) is 13.0 Å². The van der Waals surface area contributed by atoms with E-state index in [0.717, 1.165) is 24.0 Å². The van der Waals surface area contributed by atoms with Crippen LogP contribution in [0.15, 0.2) is 24.3 Å². The summed E-state index contributed by atoms with van der Waals surface area (Å²) >= 11 is 0. The van der Waals surface area contributed by atoms with E-state index in [1.165, 1.54) is 25.3 Å². The predicted octanol–water partition coefficient (Wildman–Crippen LogP) is 4.98. The van der Waals surface area contributed by atoms with Gasteiger partial charge in [0.05, 0.1) is 19.3 Å². The molecule has 2 rings (SSSR count). The monoisotopic (exact) mass is 292 g/mol. The molecular weight excluding hydrogens is 267 g/mol. The quantitative estimate of drug-likeness (QED) is 0.660. The molecule has 0 amide bonds. The lowest BCUT2D eigenvalue weighted by atomic mass is 9.99. The Hall–Kier alpha value is -1.35. The SMILES string of the molecule is CCCCCC1CC=C(c2ccc(OCC)c(F)c2)CO1. The minimum Gasteiger partial charge on any atom is -0.491 e. The fourth-order valence-electron chi connectivity index (χ4n) is 2.61. The van der Waals surface area contributed by atoms with Crippen LogP contribution in [0.25, 0.3) is 5.57 Å². The van der Waals surface area contributed by atoms with Crippen molar-refractivity contribution in [2.45, 2.75) is 52.1 Å². The van der Waals surface area contributed by atoms with Gasteiger partial charge in [0, 0.05) is 0 Å². The zero-order valence-corrected chi connectivity index (χ0v) is 13.0. The van der Waals surface area contributed by atoms with E-state index in [9.17, 15) is 4.39 Å². The van der Waals surface area contributed by atoms with Gasteiger partial charge in [-0.1, -0.05) is 38.3 Å². The first-order chi connectivity index (χ1) is 10.2. The standard InChI is InChI=1S/C18H25FO2/c1-3-5-6-7-16-10-8-15(13-21-16)14-9-11-18(20-4-2)17(19)12-14/h8-9,11-12,16H,3-7,10,13H2,1-2H3. The van der Waals surface area contributed by atoms with Crippen molar-refractivity contribution in [1.29, 1.82) is 0 Å². The highest BCUT2D eigenvalue weighted by molar-refractivity contribution is 5.67. The Bertz CT molecular complexity index is 482. The van der Waals surface area contributed by atoms with Crippen molar-refractivity contribution in [1.82, 2.24) is 0 Å². The molecule has 1 unspecified atom stereocenters. The molecule has 2 nitrogen and oxygen atoms in total. The van der Waals surface area contributed by atoms with E-state index in [1.807, 2.05) is 13.0 Å². The van der Waals surface area contributed by atoms with E-state index in [4.69, 9.17) is 9.47 Å². The molecule has 0 saturated heterocycles. The molecule has 0 saturated carbocycles. The minimum absolute atomic E-state index is 0.305. The first-order valence-corrected chi connectivity index (χ1v) is 7.98. The fraction of sp³-hybridized carbons (Fsp3) is 0.556. The molecule has 0 fully saturated rings. The molecule has 0 N–H and O–H groups in total. The highest BCUT2D eigenvalue weighted by Gasteiger charge is 2.16. The molecule has 21 heavy (non-hydrogen) atoms. The van der Waals surface area contributed by atoms with Crippen LogP contribution in [0.2, 0.25) is 0 Å². The zero-order valence-electron chi connectivity index (χ0n) is 13.0. The average Bonchev–Trinajstić information content (AvgIpc) is 2.50. The Balaban J connectivity index is 1.95. The zero-order chi connectivity index (χ0) is 15.1. The van der Waals surface area contributed by atoms with Gasteiger partial charge in [0.25, 0.3) is 0 Å². The summed E-state index contributed by atoms with van der Waals surface area (Å²) in [7, 11) is 0. The number of ether oxygens (including phenoxy) is 2. The third-order valence-electron chi connectivity index (χ3n) is 3.83. The number of halogens is 1. The summed E-state index contributed by atoms with van der Waals surface area (Å²) in [5, 5.41) is 0. The Morgan fingerprint density at radius 3 is 2.76 bits per heavy atom. The maximum Gasteiger partial charge on any atom is 0.165 e. The van der Waals surface area contributed by atoms with Gasteiger partial charge in [-0.15, -0.1) is 0 Å². The Morgan fingerprint density at radius 1 is 1.29 bits per heavy atom. The lowest BCUT2D eigenvalue weighted by molar-refractivity contribution is 0.0646. The van der Waals surface area contributed by atoms with Crippen molar-refractivity contribution < 1.29 is 13.9 Å². The highest BCUT2D eigenvalue weighted by atomic mass is 19.1. The summed E-state index contributed by atoms with van der Waals surface area (Å²) in [6, 6.07) is 5.14. The van der Waals surface area contributed by atoms with Crippen molar-refractivity contribution in [3.8, 4) is 5.75 Å². The van der Waals surface area contributed by atoms with Gasteiger partial charge in [-0.2, -0.15) is 0 Å². The van der Waals surface area contributed by atoms with Crippen molar-refractivity contribution in [3.05, 3.63) is 35.7 Å². The van der Waals surface area contributed by atoms with Crippen molar-refractivity contribution in [3.63, 3.8) is 0 Å². The third-order valence-corrected chi connectivity index (χ3v) is 3.83. The molecule has 0 aromatic heterocycles. The maximum absolute atomic E-state index is 13.9. The summed E-state index contributed by atoms with van der Waals surface area (Å²) in [5.74, 6) is 0.0105. The number of hydrogen-bond donors (Lipinski definition) is 0. The van der Waals surface area contributed by atoms with Crippen LogP contribution in [0.1, 0.15) is 51.5 Å². The smallest absolute Gasteiger partial charge is 0.165 e. The van der Waals surface area contributed by atoms with E-state index in [0.29, 0.717) is 25.1 Å². The molecule has 1 aromatic carbocycles.